The zero-order chi connectivity index (χ0) is 24.4. The van der Waals surface area contributed by atoms with E-state index >= 15 is 0 Å². The number of allylic oxidation sites excluding steroid dienone is 1. The monoisotopic (exact) mass is 462 g/mol. The molecular weight excluding hydrogens is 416 g/mol. The molecule has 0 spiro atoms. The summed E-state index contributed by atoms with van der Waals surface area (Å²) < 4.78 is 6.18. The van der Waals surface area contributed by atoms with Crippen molar-refractivity contribution in [2.24, 2.45) is 64.6 Å². The average molecular weight is 463 g/mol. The maximum Gasteiger partial charge on any atom is 0.161 e. The number of rotatable bonds is 4. The predicted molar refractivity (Wildman–Crippen MR) is 139 cm³/mol. The molecule has 4 aliphatic rings. The first-order chi connectivity index (χ1) is 16.1. The largest absolute Gasteiger partial charge is 0.494 e. The van der Waals surface area contributed by atoms with Gasteiger partial charge in [-0.05, 0) is 109 Å². The van der Waals surface area contributed by atoms with Crippen molar-refractivity contribution in [3.63, 3.8) is 0 Å². The van der Waals surface area contributed by atoms with Crippen molar-refractivity contribution in [3.05, 3.63) is 41.5 Å². The molecule has 3 saturated carbocycles. The number of fused-ring (bicyclic) bond motifs is 5. The van der Waals surface area contributed by atoms with E-state index in [1.165, 1.54) is 12.8 Å². The van der Waals surface area contributed by atoms with Gasteiger partial charge in [-0.2, -0.15) is 0 Å². The maximum absolute atomic E-state index is 13.0. The van der Waals surface area contributed by atoms with Crippen LogP contribution in [0, 0.1) is 64.6 Å². The number of carbonyl (C=O) groups excluding carboxylic acids is 1. The summed E-state index contributed by atoms with van der Waals surface area (Å²) in [7, 11) is 0. The van der Waals surface area contributed by atoms with Gasteiger partial charge in [0.15, 0.2) is 5.78 Å². The van der Waals surface area contributed by atoms with Crippen LogP contribution in [0.25, 0.3) is 0 Å². The molecule has 0 saturated heterocycles. The number of ether oxygens (including phenoxy) is 1. The topological polar surface area (TPSA) is 26.3 Å². The van der Waals surface area contributed by atoms with Crippen molar-refractivity contribution in [1.29, 1.82) is 0 Å². The van der Waals surface area contributed by atoms with Gasteiger partial charge in [0.1, 0.15) is 5.75 Å². The standard InChI is InChI=1S/C32H46O2/c1-18-16-27-28-19(2)15-25-23(6)31(33)22(5)21(4)30(25)29(28)20(3)17-32(27,7)26(18)13-14-34-24-11-9-8-10-12-24/h8-12,18-22,26-30H,13-17H2,1-7H3/t18?,19-,20?,21?,22?,26+,27?,28?,29?,30?,32?/m1/s1. The van der Waals surface area contributed by atoms with Crippen molar-refractivity contribution in [3.8, 4) is 5.75 Å². The molecule has 0 N–H and O–H groups in total. The summed E-state index contributed by atoms with van der Waals surface area (Å²) in [5.41, 5.74) is 3.07. The summed E-state index contributed by atoms with van der Waals surface area (Å²) in [4.78, 5) is 13.0. The number of hydrogen-bond acceptors (Lipinski definition) is 2. The zero-order valence-electron chi connectivity index (χ0n) is 22.5. The second-order valence-corrected chi connectivity index (χ2v) is 13.1. The van der Waals surface area contributed by atoms with Crippen LogP contribution in [-0.2, 0) is 4.79 Å². The van der Waals surface area contributed by atoms with Gasteiger partial charge in [-0.25, -0.2) is 0 Å². The van der Waals surface area contributed by atoms with Gasteiger partial charge in [0.25, 0.3) is 0 Å². The highest BCUT2D eigenvalue weighted by molar-refractivity contribution is 5.98. The Morgan fingerprint density at radius 2 is 1.68 bits per heavy atom. The molecular formula is C32H46O2. The number of para-hydroxylation sites is 1. The minimum atomic E-state index is 0.175. The van der Waals surface area contributed by atoms with Gasteiger partial charge in [0.05, 0.1) is 6.61 Å². The number of ketones is 1. The molecule has 1 aromatic rings. The number of hydrogen-bond donors (Lipinski definition) is 0. The summed E-state index contributed by atoms with van der Waals surface area (Å²) in [5, 5.41) is 0. The minimum Gasteiger partial charge on any atom is -0.494 e. The average Bonchev–Trinajstić information content (AvgIpc) is 3.06. The highest BCUT2D eigenvalue weighted by atomic mass is 16.5. The third-order valence-electron chi connectivity index (χ3n) is 11.4. The van der Waals surface area contributed by atoms with E-state index in [-0.39, 0.29) is 5.92 Å². The van der Waals surface area contributed by atoms with E-state index in [0.29, 0.717) is 34.9 Å². The van der Waals surface area contributed by atoms with E-state index < -0.39 is 0 Å². The molecule has 2 nitrogen and oxygen atoms in total. The Morgan fingerprint density at radius 3 is 2.38 bits per heavy atom. The molecule has 4 aliphatic carbocycles. The summed E-state index contributed by atoms with van der Waals surface area (Å²) in [5.74, 6) is 7.92. The van der Waals surface area contributed by atoms with Gasteiger partial charge in [-0.1, -0.05) is 65.3 Å². The van der Waals surface area contributed by atoms with Crippen LogP contribution in [0.1, 0.15) is 74.1 Å². The summed E-state index contributed by atoms with van der Waals surface area (Å²) >= 11 is 0. The zero-order valence-corrected chi connectivity index (χ0v) is 22.5. The third kappa shape index (κ3) is 3.61. The van der Waals surface area contributed by atoms with E-state index in [1.54, 1.807) is 5.57 Å². The molecule has 5 rings (SSSR count). The van der Waals surface area contributed by atoms with Crippen molar-refractivity contribution in [1.82, 2.24) is 0 Å². The predicted octanol–water partition coefficient (Wildman–Crippen LogP) is 7.83. The lowest BCUT2D eigenvalue weighted by Crippen LogP contribution is -2.55. The van der Waals surface area contributed by atoms with Gasteiger partial charge in [-0.15, -0.1) is 0 Å². The molecule has 0 aliphatic heterocycles. The van der Waals surface area contributed by atoms with E-state index in [0.717, 1.165) is 60.4 Å². The van der Waals surface area contributed by atoms with Gasteiger partial charge >= 0.3 is 0 Å². The SMILES string of the molecule is CC1=C2C[C@@H](C)C3C(C(C)CC4(C)C3CC(C)[C@@H]4CCOc3ccccc3)C2C(C)C(C)C1=O. The van der Waals surface area contributed by atoms with Crippen molar-refractivity contribution >= 4 is 5.78 Å². The van der Waals surface area contributed by atoms with E-state index in [2.05, 4.69) is 78.8 Å². The van der Waals surface area contributed by atoms with Gasteiger partial charge in [0.2, 0.25) is 0 Å². The lowest BCUT2D eigenvalue weighted by molar-refractivity contribution is -0.126. The van der Waals surface area contributed by atoms with Crippen molar-refractivity contribution in [2.45, 2.75) is 74.1 Å². The summed E-state index contributed by atoms with van der Waals surface area (Å²) in [6.45, 7) is 17.8. The van der Waals surface area contributed by atoms with Crippen molar-refractivity contribution < 1.29 is 9.53 Å². The molecule has 0 radical (unpaired) electrons. The van der Waals surface area contributed by atoms with Crippen LogP contribution < -0.4 is 4.74 Å². The Hall–Kier alpha value is -1.57. The number of Topliss-reactive ketones (excluding diaryl/α,β-unsaturated/α-hetero) is 1. The van der Waals surface area contributed by atoms with Crippen molar-refractivity contribution in [2.75, 3.05) is 6.61 Å². The smallest absolute Gasteiger partial charge is 0.161 e. The fraction of sp³-hybridized carbons (Fsp3) is 0.719. The molecule has 11 atom stereocenters. The Labute approximate surface area is 207 Å². The van der Waals surface area contributed by atoms with Gasteiger partial charge in [0, 0.05) is 5.92 Å². The molecule has 3 fully saturated rings. The fourth-order valence-corrected chi connectivity index (χ4v) is 9.91. The number of benzene rings is 1. The molecule has 9 unspecified atom stereocenters. The van der Waals surface area contributed by atoms with Crippen LogP contribution in [0.2, 0.25) is 0 Å². The Balaban J connectivity index is 1.41. The van der Waals surface area contributed by atoms with Crippen LogP contribution >= 0.6 is 0 Å². The van der Waals surface area contributed by atoms with E-state index in [4.69, 9.17) is 4.74 Å². The molecule has 0 aromatic heterocycles. The lowest BCUT2D eigenvalue weighted by Gasteiger charge is -2.60. The van der Waals surface area contributed by atoms with Crippen LogP contribution in [0.4, 0.5) is 0 Å². The molecule has 0 heterocycles. The normalized spacial score (nSPS) is 46.0. The molecule has 0 amide bonds. The first kappa shape index (κ1) is 24.1. The highest BCUT2D eigenvalue weighted by Crippen LogP contribution is 2.68. The van der Waals surface area contributed by atoms with Crippen LogP contribution in [0.15, 0.2) is 41.5 Å². The van der Waals surface area contributed by atoms with Crippen LogP contribution in [0.3, 0.4) is 0 Å². The molecule has 0 bridgehead atoms. The van der Waals surface area contributed by atoms with Gasteiger partial charge in [-0.3, -0.25) is 4.79 Å². The quantitative estimate of drug-likeness (QED) is 0.456. The molecule has 2 heteroatoms. The minimum absolute atomic E-state index is 0.175. The van der Waals surface area contributed by atoms with Crippen LogP contribution in [-0.4, -0.2) is 12.4 Å². The summed E-state index contributed by atoms with van der Waals surface area (Å²) in [6, 6.07) is 10.3. The highest BCUT2D eigenvalue weighted by Gasteiger charge is 2.62. The summed E-state index contributed by atoms with van der Waals surface area (Å²) in [6.07, 6.45) is 5.02. The first-order valence-corrected chi connectivity index (χ1v) is 14.1. The third-order valence-corrected chi connectivity index (χ3v) is 11.4. The molecule has 186 valence electrons. The Morgan fingerprint density at radius 1 is 0.971 bits per heavy atom. The second kappa shape index (κ2) is 8.82. The lowest BCUT2D eigenvalue weighted by atomic mass is 9.44. The fourth-order valence-electron chi connectivity index (χ4n) is 9.91. The maximum atomic E-state index is 13.0. The van der Waals surface area contributed by atoms with Crippen LogP contribution in [0.5, 0.6) is 5.75 Å². The first-order valence-electron chi connectivity index (χ1n) is 14.1. The van der Waals surface area contributed by atoms with E-state index in [1.807, 2.05) is 0 Å². The number of carbonyl (C=O) groups is 1. The Bertz CT molecular complexity index is 947. The van der Waals surface area contributed by atoms with E-state index in [9.17, 15) is 4.79 Å². The Kier molecular flexibility index (Phi) is 6.26. The molecule has 1 aromatic carbocycles. The van der Waals surface area contributed by atoms with Gasteiger partial charge < -0.3 is 4.74 Å². The molecule has 34 heavy (non-hydrogen) atoms. The second-order valence-electron chi connectivity index (χ2n) is 13.1.